The molecule has 0 atom stereocenters. The molecule has 1 saturated carbocycles. The zero-order chi connectivity index (χ0) is 31.4. The Morgan fingerprint density at radius 1 is 0.659 bits per heavy atom. The molecule has 0 radical (unpaired) electrons. The summed E-state index contributed by atoms with van der Waals surface area (Å²) >= 11 is 0. The molecule has 0 heterocycles. The van der Waals surface area contributed by atoms with Crippen molar-refractivity contribution in [3.05, 3.63) is 113 Å². The molecule has 0 unspecified atom stereocenters. The molecule has 1 nitrogen and oxygen atoms in total. The second-order valence-corrected chi connectivity index (χ2v) is 11.5. The topological polar surface area (TPSA) is 9.23 Å². The summed E-state index contributed by atoms with van der Waals surface area (Å²) in [6, 6.07) is 14.7. The molecule has 1 fully saturated rings. The highest BCUT2D eigenvalue weighted by Crippen LogP contribution is 2.39. The van der Waals surface area contributed by atoms with Gasteiger partial charge in [0, 0.05) is 11.6 Å². The summed E-state index contributed by atoms with van der Waals surface area (Å²) in [6.45, 7) is 2.22. The van der Waals surface area contributed by atoms with Gasteiger partial charge < -0.3 is 4.74 Å². The maximum atomic E-state index is 15.0. The Kier molecular flexibility index (Phi) is 9.66. The molecule has 1 aliphatic carbocycles. The number of hydrogen-bond acceptors (Lipinski definition) is 1. The first kappa shape index (κ1) is 31.6. The minimum Gasteiger partial charge on any atom is -0.429 e. The maximum Gasteiger partial charge on any atom is 0.429 e. The van der Waals surface area contributed by atoms with E-state index in [1.807, 2.05) is 24.3 Å². The maximum absolute atomic E-state index is 15.0. The van der Waals surface area contributed by atoms with E-state index in [9.17, 15) is 30.7 Å². The van der Waals surface area contributed by atoms with Crippen molar-refractivity contribution in [1.82, 2.24) is 0 Å². The van der Waals surface area contributed by atoms with Crippen LogP contribution in [0.4, 0.5) is 30.7 Å². The van der Waals surface area contributed by atoms with Crippen molar-refractivity contribution < 1.29 is 35.5 Å². The summed E-state index contributed by atoms with van der Waals surface area (Å²) < 4.78 is 105. The molecule has 1 aliphatic rings. The normalized spacial score (nSPS) is 17.1. The van der Waals surface area contributed by atoms with E-state index in [4.69, 9.17) is 0 Å². The molecule has 5 rings (SSSR count). The fourth-order valence-corrected chi connectivity index (χ4v) is 6.05. The van der Waals surface area contributed by atoms with Gasteiger partial charge in [-0.25, -0.2) is 22.0 Å². The summed E-state index contributed by atoms with van der Waals surface area (Å²) in [5.41, 5.74) is 0.587. The van der Waals surface area contributed by atoms with Crippen molar-refractivity contribution in [3.8, 4) is 28.0 Å². The summed E-state index contributed by atoms with van der Waals surface area (Å²) in [7, 11) is 0. The molecule has 0 saturated heterocycles. The van der Waals surface area contributed by atoms with Crippen LogP contribution in [-0.2, 0) is 6.11 Å². The van der Waals surface area contributed by atoms with Crippen molar-refractivity contribution in [2.45, 2.75) is 70.3 Å². The Labute approximate surface area is 252 Å². The van der Waals surface area contributed by atoms with Gasteiger partial charge in [0.2, 0.25) is 0 Å². The summed E-state index contributed by atoms with van der Waals surface area (Å²) in [6.07, 6.45) is 5.70. The molecule has 0 N–H and O–H groups in total. The van der Waals surface area contributed by atoms with Gasteiger partial charge in [0.25, 0.3) is 0 Å². The smallest absolute Gasteiger partial charge is 0.429 e. The SMILES string of the molecule is CCCCCC1CCC(c2ccc(-c3ccc(C(F)(F)Oc4ccc(-c5cc(F)c(F)c(F)c5)c(F)c4)c(F)c3)cc2)CC1. The van der Waals surface area contributed by atoms with Gasteiger partial charge in [0.15, 0.2) is 17.5 Å². The molecule has 0 aromatic heterocycles. The molecule has 0 aliphatic heterocycles. The van der Waals surface area contributed by atoms with Gasteiger partial charge in [-0.3, -0.25) is 0 Å². The van der Waals surface area contributed by atoms with Gasteiger partial charge in [-0.05, 0) is 96.2 Å². The van der Waals surface area contributed by atoms with Gasteiger partial charge in [-0.2, -0.15) is 8.78 Å². The lowest BCUT2D eigenvalue weighted by Gasteiger charge is -2.29. The quantitative estimate of drug-likeness (QED) is 0.0981. The van der Waals surface area contributed by atoms with E-state index < -0.39 is 46.5 Å². The van der Waals surface area contributed by atoms with Crippen LogP contribution < -0.4 is 4.74 Å². The summed E-state index contributed by atoms with van der Waals surface area (Å²) in [5, 5.41) is 0. The Bertz CT molecular complexity index is 1570. The number of rotatable bonds is 10. The second kappa shape index (κ2) is 13.4. The van der Waals surface area contributed by atoms with E-state index in [1.54, 1.807) is 0 Å². The van der Waals surface area contributed by atoms with Crippen molar-refractivity contribution >= 4 is 0 Å². The zero-order valence-electron chi connectivity index (χ0n) is 24.3. The zero-order valence-corrected chi connectivity index (χ0v) is 24.3. The average molecular weight is 615 g/mol. The van der Waals surface area contributed by atoms with Gasteiger partial charge in [0.05, 0.1) is 5.56 Å². The summed E-state index contributed by atoms with van der Waals surface area (Å²) in [5.74, 6) is -6.49. The van der Waals surface area contributed by atoms with Crippen molar-refractivity contribution in [2.75, 3.05) is 0 Å². The van der Waals surface area contributed by atoms with E-state index in [-0.39, 0.29) is 11.1 Å². The highest BCUT2D eigenvalue weighted by Gasteiger charge is 2.38. The third-order valence-electron chi connectivity index (χ3n) is 8.54. The first-order chi connectivity index (χ1) is 21.1. The number of ether oxygens (including phenoxy) is 1. The molecule has 232 valence electrons. The van der Waals surface area contributed by atoms with E-state index >= 15 is 0 Å². The number of benzene rings is 4. The van der Waals surface area contributed by atoms with E-state index in [2.05, 4.69) is 11.7 Å². The molecule has 8 heteroatoms. The monoisotopic (exact) mass is 614 g/mol. The Balaban J connectivity index is 1.25. The second-order valence-electron chi connectivity index (χ2n) is 11.5. The fraction of sp³-hybridized carbons (Fsp3) is 0.333. The van der Waals surface area contributed by atoms with Crippen LogP contribution in [0, 0.1) is 35.0 Å². The van der Waals surface area contributed by atoms with Gasteiger partial charge >= 0.3 is 6.11 Å². The molecule has 44 heavy (non-hydrogen) atoms. The fourth-order valence-electron chi connectivity index (χ4n) is 6.05. The van der Waals surface area contributed by atoms with Gasteiger partial charge in [0.1, 0.15) is 17.4 Å². The number of hydrogen-bond donors (Lipinski definition) is 0. The van der Waals surface area contributed by atoms with E-state index in [1.165, 1.54) is 50.2 Å². The van der Waals surface area contributed by atoms with Crippen LogP contribution in [0.3, 0.4) is 0 Å². The van der Waals surface area contributed by atoms with Crippen LogP contribution in [0.1, 0.15) is 75.3 Å². The number of unbranched alkanes of at least 4 members (excludes halogenated alkanes) is 2. The van der Waals surface area contributed by atoms with Crippen LogP contribution >= 0.6 is 0 Å². The third-order valence-corrected chi connectivity index (χ3v) is 8.54. The molecule has 4 aromatic rings. The van der Waals surface area contributed by atoms with Gasteiger partial charge in [-0.1, -0.05) is 62.9 Å². The largest absolute Gasteiger partial charge is 0.429 e. The lowest BCUT2D eigenvalue weighted by atomic mass is 9.77. The van der Waals surface area contributed by atoms with Gasteiger partial charge in [-0.15, -0.1) is 0 Å². The predicted octanol–water partition coefficient (Wildman–Crippen LogP) is 11.7. The first-order valence-electron chi connectivity index (χ1n) is 15.0. The van der Waals surface area contributed by atoms with Crippen molar-refractivity contribution in [3.63, 3.8) is 0 Å². The molecule has 0 bridgehead atoms. The molecule has 4 aromatic carbocycles. The van der Waals surface area contributed by atoms with Crippen LogP contribution in [0.2, 0.25) is 0 Å². The van der Waals surface area contributed by atoms with Crippen molar-refractivity contribution in [1.29, 1.82) is 0 Å². The highest BCUT2D eigenvalue weighted by atomic mass is 19.3. The average Bonchev–Trinajstić information content (AvgIpc) is 3.00. The minimum atomic E-state index is -4.16. The Hall–Kier alpha value is -3.81. The Morgan fingerprint density at radius 2 is 1.30 bits per heavy atom. The summed E-state index contributed by atoms with van der Waals surface area (Å²) in [4.78, 5) is 0. The van der Waals surface area contributed by atoms with Crippen LogP contribution in [-0.4, -0.2) is 0 Å². The molecule has 0 amide bonds. The van der Waals surface area contributed by atoms with Crippen LogP contribution in [0.15, 0.2) is 72.8 Å². The molecule has 0 spiro atoms. The first-order valence-corrected chi connectivity index (χ1v) is 15.0. The highest BCUT2D eigenvalue weighted by molar-refractivity contribution is 5.66. The number of halogens is 7. The molecular weight excluding hydrogens is 581 g/mol. The standard InChI is InChI=1S/C36H33F7O/c1-2-3-4-5-22-6-8-23(9-7-22)24-10-12-25(13-11-24)26-14-17-30(32(38)18-26)36(42,43)44-28-15-16-29(31(37)21-28)27-19-33(39)35(41)34(40)20-27/h10-23H,2-9H2,1H3. The lowest BCUT2D eigenvalue weighted by Crippen LogP contribution is -2.23. The van der Waals surface area contributed by atoms with Crippen molar-refractivity contribution in [2.24, 2.45) is 5.92 Å². The molecular formula is C36H33F7O. The van der Waals surface area contributed by atoms with E-state index in [0.717, 1.165) is 43.0 Å². The van der Waals surface area contributed by atoms with E-state index in [0.29, 0.717) is 35.2 Å². The third kappa shape index (κ3) is 7.11. The number of alkyl halides is 2. The minimum absolute atomic E-state index is 0.336. The van der Waals surface area contributed by atoms with Crippen LogP contribution in [0.25, 0.3) is 22.3 Å². The van der Waals surface area contributed by atoms with Crippen LogP contribution in [0.5, 0.6) is 5.75 Å². The predicted molar refractivity (Wildman–Crippen MR) is 157 cm³/mol. The lowest BCUT2D eigenvalue weighted by molar-refractivity contribution is -0.187. The Morgan fingerprint density at radius 3 is 1.91 bits per heavy atom.